The van der Waals surface area contributed by atoms with E-state index in [-0.39, 0.29) is 18.4 Å². The molecule has 0 fully saturated rings. The van der Waals surface area contributed by atoms with E-state index < -0.39 is 6.04 Å². The van der Waals surface area contributed by atoms with Gasteiger partial charge in [-0.2, -0.15) is 0 Å². The second kappa shape index (κ2) is 10.8. The number of rotatable bonds is 9. The Kier molecular flexibility index (Phi) is 8.46. The quantitative estimate of drug-likeness (QED) is 0.675. The number of carbonyl (C=O) groups is 2. The van der Waals surface area contributed by atoms with Crippen LogP contribution in [0.15, 0.2) is 42.5 Å². The van der Waals surface area contributed by atoms with Gasteiger partial charge in [-0.3, -0.25) is 9.59 Å². The lowest BCUT2D eigenvalue weighted by Crippen LogP contribution is -2.49. The number of nitrogens with zero attached hydrogens (tertiary/aromatic N) is 1. The second-order valence-corrected chi connectivity index (χ2v) is 8.38. The van der Waals surface area contributed by atoms with E-state index in [9.17, 15) is 9.59 Å². The summed E-state index contributed by atoms with van der Waals surface area (Å²) in [6.07, 6.45) is 0. The lowest BCUT2D eigenvalue weighted by Gasteiger charge is -2.29. The van der Waals surface area contributed by atoms with E-state index in [2.05, 4.69) is 5.32 Å². The van der Waals surface area contributed by atoms with Gasteiger partial charge in [0.2, 0.25) is 5.91 Å². The first-order valence-electron chi connectivity index (χ1n) is 10.5. The van der Waals surface area contributed by atoms with Crippen LogP contribution in [-0.2, 0) is 16.1 Å². The van der Waals surface area contributed by atoms with E-state index in [1.807, 2.05) is 77.1 Å². The first kappa shape index (κ1) is 23.5. The van der Waals surface area contributed by atoms with Gasteiger partial charge in [-0.25, -0.2) is 0 Å². The van der Waals surface area contributed by atoms with Crippen LogP contribution in [0.1, 0.15) is 43.0 Å². The van der Waals surface area contributed by atoms with Gasteiger partial charge in [-0.1, -0.05) is 55.8 Å². The predicted molar refractivity (Wildman–Crippen MR) is 120 cm³/mol. The third kappa shape index (κ3) is 6.90. The molecule has 0 spiro atoms. The van der Waals surface area contributed by atoms with Crippen LogP contribution >= 0.6 is 0 Å². The highest BCUT2D eigenvalue weighted by molar-refractivity contribution is 5.88. The molecule has 0 aromatic heterocycles. The van der Waals surface area contributed by atoms with Crippen LogP contribution in [-0.4, -0.2) is 35.9 Å². The highest BCUT2D eigenvalue weighted by atomic mass is 16.5. The molecular formula is C25H34N2O3. The van der Waals surface area contributed by atoms with Gasteiger partial charge in [0.1, 0.15) is 11.8 Å². The summed E-state index contributed by atoms with van der Waals surface area (Å²) in [6, 6.07) is 13.3. The molecule has 2 rings (SSSR count). The number of benzene rings is 2. The highest BCUT2D eigenvalue weighted by Crippen LogP contribution is 2.19. The van der Waals surface area contributed by atoms with Gasteiger partial charge < -0.3 is 15.0 Å². The van der Waals surface area contributed by atoms with Crippen LogP contribution in [0.4, 0.5) is 0 Å². The summed E-state index contributed by atoms with van der Waals surface area (Å²) in [6.45, 7) is 12.6. The van der Waals surface area contributed by atoms with E-state index >= 15 is 0 Å². The van der Waals surface area contributed by atoms with Crippen molar-refractivity contribution in [3.05, 3.63) is 64.7 Å². The Labute approximate surface area is 180 Å². The number of hydrogen-bond donors (Lipinski definition) is 1. The van der Waals surface area contributed by atoms with Gasteiger partial charge in [-0.15, -0.1) is 0 Å². The molecule has 162 valence electrons. The largest absolute Gasteiger partial charge is 0.483 e. The van der Waals surface area contributed by atoms with Crippen molar-refractivity contribution in [3.63, 3.8) is 0 Å². The zero-order valence-corrected chi connectivity index (χ0v) is 19.0. The molecule has 1 N–H and O–H groups in total. The molecule has 0 aliphatic carbocycles. The zero-order valence-electron chi connectivity index (χ0n) is 19.0. The van der Waals surface area contributed by atoms with Gasteiger partial charge in [-0.05, 0) is 56.4 Å². The molecule has 2 amide bonds. The van der Waals surface area contributed by atoms with Crippen molar-refractivity contribution >= 4 is 11.8 Å². The number of ether oxygens (including phenoxy) is 1. The third-order valence-corrected chi connectivity index (χ3v) is 5.02. The molecule has 5 heteroatoms. The normalized spacial score (nSPS) is 11.8. The van der Waals surface area contributed by atoms with E-state index in [0.29, 0.717) is 24.8 Å². The molecule has 5 nitrogen and oxygen atoms in total. The Bertz CT molecular complexity index is 859. The average molecular weight is 411 g/mol. The molecule has 30 heavy (non-hydrogen) atoms. The summed E-state index contributed by atoms with van der Waals surface area (Å²) >= 11 is 0. The van der Waals surface area contributed by atoms with Crippen LogP contribution < -0.4 is 10.1 Å². The molecule has 0 saturated carbocycles. The fourth-order valence-corrected chi connectivity index (χ4v) is 3.01. The zero-order chi connectivity index (χ0) is 22.3. The molecule has 0 bridgehead atoms. The fraction of sp³-hybridized carbons (Fsp3) is 0.440. The summed E-state index contributed by atoms with van der Waals surface area (Å²) in [7, 11) is 0. The molecular weight excluding hydrogens is 376 g/mol. The van der Waals surface area contributed by atoms with Crippen molar-refractivity contribution < 1.29 is 14.3 Å². The van der Waals surface area contributed by atoms with Gasteiger partial charge in [0.25, 0.3) is 5.91 Å². The van der Waals surface area contributed by atoms with Crippen LogP contribution in [0.25, 0.3) is 0 Å². The summed E-state index contributed by atoms with van der Waals surface area (Å²) in [4.78, 5) is 27.3. The van der Waals surface area contributed by atoms with Crippen LogP contribution in [0.3, 0.4) is 0 Å². The number of amides is 2. The Morgan fingerprint density at radius 1 is 0.967 bits per heavy atom. The van der Waals surface area contributed by atoms with Crippen molar-refractivity contribution in [2.45, 2.75) is 54.1 Å². The summed E-state index contributed by atoms with van der Waals surface area (Å²) in [5.74, 6) is 0.658. The Morgan fingerprint density at radius 2 is 1.60 bits per heavy atom. The lowest BCUT2D eigenvalue weighted by atomic mass is 10.1. The van der Waals surface area contributed by atoms with Crippen molar-refractivity contribution in [1.82, 2.24) is 10.2 Å². The fourth-order valence-electron chi connectivity index (χ4n) is 3.01. The van der Waals surface area contributed by atoms with Crippen LogP contribution in [0.5, 0.6) is 5.75 Å². The molecule has 0 aliphatic rings. The number of carbonyl (C=O) groups excluding carboxylic acids is 2. The molecule has 0 aliphatic heterocycles. The topological polar surface area (TPSA) is 58.6 Å². The van der Waals surface area contributed by atoms with Crippen LogP contribution in [0, 0.1) is 26.7 Å². The van der Waals surface area contributed by atoms with Gasteiger partial charge >= 0.3 is 0 Å². The summed E-state index contributed by atoms with van der Waals surface area (Å²) in [5, 5.41) is 2.93. The SMILES string of the molecule is Cc1ccc(CN(C(=O)COc2cc(C)ccc2C)[C@H](C)C(=O)NCC(C)C)cc1. The number of nitrogens with one attached hydrogen (secondary N) is 1. The average Bonchev–Trinajstić information content (AvgIpc) is 2.71. The molecule has 0 unspecified atom stereocenters. The maximum absolute atomic E-state index is 13.1. The van der Waals surface area contributed by atoms with E-state index in [4.69, 9.17) is 4.74 Å². The Balaban J connectivity index is 2.15. The van der Waals surface area contributed by atoms with Crippen molar-refractivity contribution in [3.8, 4) is 5.75 Å². The highest BCUT2D eigenvalue weighted by Gasteiger charge is 2.26. The summed E-state index contributed by atoms with van der Waals surface area (Å²) < 4.78 is 5.82. The van der Waals surface area contributed by atoms with Gasteiger partial charge in [0.05, 0.1) is 0 Å². The van der Waals surface area contributed by atoms with E-state index in [1.54, 1.807) is 11.8 Å². The van der Waals surface area contributed by atoms with E-state index in [0.717, 1.165) is 22.3 Å². The molecule has 0 saturated heterocycles. The second-order valence-electron chi connectivity index (χ2n) is 8.38. The standard InChI is InChI=1S/C25H34N2O3/c1-17(2)14-26-25(29)21(6)27(15-22-11-8-18(3)9-12-22)24(28)16-30-23-13-19(4)7-10-20(23)5/h7-13,17,21H,14-16H2,1-6H3,(H,26,29)/t21-/m1/s1. The first-order valence-corrected chi connectivity index (χ1v) is 10.5. The van der Waals surface area contributed by atoms with Crippen LogP contribution in [0.2, 0.25) is 0 Å². The summed E-state index contributed by atoms with van der Waals surface area (Å²) in [5.41, 5.74) is 4.17. The molecule has 1 atom stereocenters. The van der Waals surface area contributed by atoms with Gasteiger partial charge in [0.15, 0.2) is 6.61 Å². The maximum Gasteiger partial charge on any atom is 0.261 e. The first-order chi connectivity index (χ1) is 14.2. The minimum atomic E-state index is -0.597. The predicted octanol–water partition coefficient (Wildman–Crippen LogP) is 4.18. The van der Waals surface area contributed by atoms with Crippen molar-refractivity contribution in [1.29, 1.82) is 0 Å². The minimum Gasteiger partial charge on any atom is -0.483 e. The Hall–Kier alpha value is -2.82. The minimum absolute atomic E-state index is 0.113. The van der Waals surface area contributed by atoms with E-state index in [1.165, 1.54) is 0 Å². The number of hydrogen-bond acceptors (Lipinski definition) is 3. The molecule has 2 aromatic carbocycles. The van der Waals surface area contributed by atoms with Gasteiger partial charge in [0, 0.05) is 13.1 Å². The smallest absolute Gasteiger partial charge is 0.261 e. The third-order valence-electron chi connectivity index (χ3n) is 5.02. The Morgan fingerprint density at radius 3 is 2.23 bits per heavy atom. The maximum atomic E-state index is 13.1. The molecule has 0 heterocycles. The molecule has 2 aromatic rings. The van der Waals surface area contributed by atoms with Crippen molar-refractivity contribution in [2.75, 3.05) is 13.2 Å². The molecule has 0 radical (unpaired) electrons. The monoisotopic (exact) mass is 410 g/mol. The number of aryl methyl sites for hydroxylation is 3. The van der Waals surface area contributed by atoms with Crippen molar-refractivity contribution in [2.24, 2.45) is 5.92 Å². The lowest BCUT2D eigenvalue weighted by molar-refractivity contribution is -0.142.